The summed E-state index contributed by atoms with van der Waals surface area (Å²) in [4.78, 5) is 0. The van der Waals surface area contributed by atoms with Gasteiger partial charge in [-0.2, -0.15) is 10.2 Å². The van der Waals surface area contributed by atoms with Crippen LogP contribution in [-0.4, -0.2) is 24.7 Å². The Morgan fingerprint density at radius 3 is 2.41 bits per heavy atom. The summed E-state index contributed by atoms with van der Waals surface area (Å²) in [5, 5.41) is 15.9. The van der Waals surface area contributed by atoms with Gasteiger partial charge in [0.15, 0.2) is 10.9 Å². The van der Waals surface area contributed by atoms with E-state index in [1.807, 2.05) is 26.8 Å². The topological polar surface area (TPSA) is 59.7 Å². The molecule has 4 aromatic rings. The monoisotopic (exact) mass is 500 g/mol. The first-order chi connectivity index (χ1) is 16.2. The second-order valence-corrected chi connectivity index (χ2v) is 8.72. The molecule has 4 rings (SSSR count). The maximum absolute atomic E-state index is 14.2. The van der Waals surface area contributed by atoms with Crippen LogP contribution in [0.5, 0.6) is 0 Å². The Balaban J connectivity index is 1.46. The number of benzene rings is 2. The molecule has 2 heterocycles. The number of hydrogen-bond donors (Lipinski definition) is 2. The number of anilines is 2. The standard InChI is InChI=1S/C24H23ClF2N6S/c1-14-11-22(31-32(14)12-17-7-4-5-9-20(17)26)28-24(34)29-23-15(2)30-33(16(23)3)13-18-19(25)8-6-10-21(18)27/h4-11H,12-13H2,1-3H3,(H2,28,29,31,34). The molecular weight excluding hydrogens is 478 g/mol. The normalized spacial score (nSPS) is 11.0. The van der Waals surface area contributed by atoms with E-state index in [4.69, 9.17) is 23.8 Å². The van der Waals surface area contributed by atoms with E-state index in [1.54, 1.807) is 39.7 Å². The van der Waals surface area contributed by atoms with Crippen molar-refractivity contribution in [1.29, 1.82) is 0 Å². The van der Waals surface area contributed by atoms with Crippen LogP contribution in [0.15, 0.2) is 48.5 Å². The molecule has 0 spiro atoms. The Kier molecular flexibility index (Phi) is 6.95. The molecule has 0 fully saturated rings. The molecule has 10 heteroatoms. The third-order valence-corrected chi connectivity index (χ3v) is 6.05. The van der Waals surface area contributed by atoms with Gasteiger partial charge in [0.2, 0.25) is 0 Å². The smallest absolute Gasteiger partial charge is 0.176 e. The Bertz CT molecular complexity index is 1340. The van der Waals surface area contributed by atoms with Crippen molar-refractivity contribution < 1.29 is 8.78 Å². The van der Waals surface area contributed by atoms with Crippen molar-refractivity contribution in [2.24, 2.45) is 0 Å². The van der Waals surface area contributed by atoms with E-state index in [2.05, 4.69) is 20.8 Å². The zero-order valence-electron chi connectivity index (χ0n) is 18.9. The number of aromatic nitrogens is 4. The summed E-state index contributed by atoms with van der Waals surface area (Å²) in [7, 11) is 0. The minimum Gasteiger partial charge on any atom is -0.329 e. The van der Waals surface area contributed by atoms with Crippen LogP contribution in [0.4, 0.5) is 20.3 Å². The van der Waals surface area contributed by atoms with Crippen LogP contribution in [0.2, 0.25) is 5.02 Å². The lowest BCUT2D eigenvalue weighted by molar-refractivity contribution is 0.579. The van der Waals surface area contributed by atoms with Gasteiger partial charge in [0.05, 0.1) is 30.2 Å². The highest BCUT2D eigenvalue weighted by atomic mass is 35.5. The van der Waals surface area contributed by atoms with Crippen LogP contribution in [0.3, 0.4) is 0 Å². The van der Waals surface area contributed by atoms with E-state index in [-0.39, 0.29) is 18.2 Å². The Hall–Kier alpha value is -3.30. The molecule has 34 heavy (non-hydrogen) atoms. The van der Waals surface area contributed by atoms with Crippen molar-refractivity contribution in [2.45, 2.75) is 33.9 Å². The minimum atomic E-state index is -0.381. The van der Waals surface area contributed by atoms with Crippen molar-refractivity contribution >= 4 is 40.4 Å². The third kappa shape index (κ3) is 5.10. The molecule has 0 bridgehead atoms. The number of rotatable bonds is 6. The number of nitrogens with one attached hydrogen (secondary N) is 2. The highest BCUT2D eigenvalue weighted by molar-refractivity contribution is 7.80. The number of thiocarbonyl (C=S) groups is 1. The predicted molar refractivity (Wildman–Crippen MR) is 135 cm³/mol. The van der Waals surface area contributed by atoms with E-state index in [1.165, 1.54) is 12.1 Å². The van der Waals surface area contributed by atoms with Crippen LogP contribution in [0.1, 0.15) is 28.2 Å². The first-order valence-electron chi connectivity index (χ1n) is 10.6. The van der Waals surface area contributed by atoms with Crippen LogP contribution in [0, 0.1) is 32.4 Å². The van der Waals surface area contributed by atoms with Crippen molar-refractivity contribution in [1.82, 2.24) is 19.6 Å². The van der Waals surface area contributed by atoms with Crippen LogP contribution < -0.4 is 10.6 Å². The molecule has 0 amide bonds. The third-order valence-electron chi connectivity index (χ3n) is 5.49. The lowest BCUT2D eigenvalue weighted by Gasteiger charge is -2.11. The Morgan fingerprint density at radius 1 is 0.941 bits per heavy atom. The summed E-state index contributed by atoms with van der Waals surface area (Å²) >= 11 is 11.6. The lowest BCUT2D eigenvalue weighted by atomic mass is 10.2. The fraction of sp³-hybridized carbons (Fsp3) is 0.208. The molecule has 6 nitrogen and oxygen atoms in total. The van der Waals surface area contributed by atoms with E-state index in [0.717, 1.165) is 11.4 Å². The minimum absolute atomic E-state index is 0.194. The molecule has 2 aromatic heterocycles. The summed E-state index contributed by atoms with van der Waals surface area (Å²) < 4.78 is 31.6. The van der Waals surface area contributed by atoms with Crippen molar-refractivity contribution in [3.63, 3.8) is 0 Å². The summed E-state index contributed by atoms with van der Waals surface area (Å²) in [6, 6.07) is 13.0. The number of aryl methyl sites for hydroxylation is 2. The Morgan fingerprint density at radius 2 is 1.68 bits per heavy atom. The van der Waals surface area contributed by atoms with E-state index in [0.29, 0.717) is 45.0 Å². The molecule has 0 saturated carbocycles. The summed E-state index contributed by atoms with van der Waals surface area (Å²) in [5.74, 6) is -0.121. The molecule has 0 saturated heterocycles. The molecule has 0 atom stereocenters. The zero-order chi connectivity index (χ0) is 24.4. The quantitative estimate of drug-likeness (QED) is 0.326. The molecule has 2 aromatic carbocycles. The van der Waals surface area contributed by atoms with Crippen molar-refractivity contribution in [3.05, 3.63) is 93.4 Å². The fourth-order valence-corrected chi connectivity index (χ4v) is 4.07. The van der Waals surface area contributed by atoms with E-state index >= 15 is 0 Å². The van der Waals surface area contributed by atoms with E-state index < -0.39 is 0 Å². The van der Waals surface area contributed by atoms with Crippen LogP contribution in [0.25, 0.3) is 0 Å². The van der Waals surface area contributed by atoms with Gasteiger partial charge in [-0.3, -0.25) is 9.36 Å². The Labute approximate surface area is 206 Å². The largest absolute Gasteiger partial charge is 0.329 e. The van der Waals surface area contributed by atoms with Crippen LogP contribution in [-0.2, 0) is 13.1 Å². The highest BCUT2D eigenvalue weighted by Gasteiger charge is 2.16. The van der Waals surface area contributed by atoms with Gasteiger partial charge < -0.3 is 10.6 Å². The van der Waals surface area contributed by atoms with Gasteiger partial charge >= 0.3 is 0 Å². The first-order valence-corrected chi connectivity index (χ1v) is 11.3. The zero-order valence-corrected chi connectivity index (χ0v) is 20.4. The van der Waals surface area contributed by atoms with E-state index in [9.17, 15) is 8.78 Å². The molecule has 0 aliphatic heterocycles. The average Bonchev–Trinajstić information content (AvgIpc) is 3.25. The van der Waals surface area contributed by atoms with Crippen LogP contribution >= 0.6 is 23.8 Å². The van der Waals surface area contributed by atoms with Gasteiger partial charge in [-0.05, 0) is 51.2 Å². The second kappa shape index (κ2) is 9.90. The molecular formula is C24H23ClF2N6S. The number of hydrogen-bond acceptors (Lipinski definition) is 3. The van der Waals surface area contributed by atoms with Gasteiger partial charge in [0.1, 0.15) is 11.6 Å². The molecule has 0 aliphatic rings. The summed E-state index contributed by atoms with van der Waals surface area (Å²) in [5.41, 5.74) is 3.98. The number of nitrogens with zero attached hydrogens (tertiary/aromatic N) is 4. The highest BCUT2D eigenvalue weighted by Crippen LogP contribution is 2.25. The second-order valence-electron chi connectivity index (χ2n) is 7.90. The van der Waals surface area contributed by atoms with Gasteiger partial charge in [0, 0.05) is 27.9 Å². The number of halogens is 3. The summed E-state index contributed by atoms with van der Waals surface area (Å²) in [6.07, 6.45) is 0. The first kappa shape index (κ1) is 23.8. The molecule has 2 N–H and O–H groups in total. The van der Waals surface area contributed by atoms with Crippen molar-refractivity contribution in [2.75, 3.05) is 10.6 Å². The lowest BCUT2D eigenvalue weighted by Crippen LogP contribution is -2.20. The molecule has 0 unspecified atom stereocenters. The van der Waals surface area contributed by atoms with Gasteiger partial charge in [-0.15, -0.1) is 0 Å². The SMILES string of the molecule is Cc1nn(Cc2c(F)cccc2Cl)c(C)c1NC(=S)Nc1cc(C)n(Cc2ccccc2F)n1. The molecule has 0 radical (unpaired) electrons. The maximum Gasteiger partial charge on any atom is 0.176 e. The molecule has 176 valence electrons. The van der Waals surface area contributed by atoms with Gasteiger partial charge in [-0.1, -0.05) is 35.9 Å². The van der Waals surface area contributed by atoms with Gasteiger partial charge in [-0.25, -0.2) is 8.78 Å². The molecule has 0 aliphatic carbocycles. The average molecular weight is 501 g/mol. The van der Waals surface area contributed by atoms with Crippen molar-refractivity contribution in [3.8, 4) is 0 Å². The predicted octanol–water partition coefficient (Wildman–Crippen LogP) is 5.84. The van der Waals surface area contributed by atoms with Gasteiger partial charge in [0.25, 0.3) is 0 Å². The maximum atomic E-state index is 14.2. The summed E-state index contributed by atoms with van der Waals surface area (Å²) in [6.45, 7) is 6.10. The fourth-order valence-electron chi connectivity index (χ4n) is 3.65.